The summed E-state index contributed by atoms with van der Waals surface area (Å²) in [7, 11) is 0. The zero-order valence-corrected chi connectivity index (χ0v) is 14.6. The van der Waals surface area contributed by atoms with Crippen LogP contribution in [0.25, 0.3) is 0 Å². The van der Waals surface area contributed by atoms with Crippen LogP contribution in [-0.2, 0) is 0 Å². The third-order valence-electron chi connectivity index (χ3n) is 5.08. The second-order valence-electron chi connectivity index (χ2n) is 6.70. The molecule has 0 radical (unpaired) electrons. The van der Waals surface area contributed by atoms with Crippen LogP contribution in [0, 0.1) is 0 Å². The van der Waals surface area contributed by atoms with E-state index in [1.807, 2.05) is 6.08 Å². The Balaban J connectivity index is 1.87. The predicted octanol–water partition coefficient (Wildman–Crippen LogP) is 5.50. The van der Waals surface area contributed by atoms with Crippen molar-refractivity contribution in [3.05, 3.63) is 95.7 Å². The van der Waals surface area contributed by atoms with Crippen LogP contribution < -0.4 is 0 Å². The topological polar surface area (TPSA) is 15.6 Å². The number of rotatable bonds is 4. The monoisotopic (exact) mass is 328 g/mol. The van der Waals surface area contributed by atoms with Crippen LogP contribution in [0.5, 0.6) is 0 Å². The molecule has 0 saturated carbocycles. The van der Waals surface area contributed by atoms with Crippen molar-refractivity contribution in [2.45, 2.75) is 31.8 Å². The standard InChI is InChI=1S/C23H24N2/c1-2-11-20-21-16-9-10-17-25(21)23(19-14-7-4-8-15-19)24-22(20)18-12-5-3-6-13-18/h2-8,12-15,23H,1,9-11,16-17H2. The highest BCUT2D eigenvalue weighted by Gasteiger charge is 2.32. The molecule has 0 N–H and O–H groups in total. The van der Waals surface area contributed by atoms with E-state index in [1.165, 1.54) is 35.2 Å². The third-order valence-corrected chi connectivity index (χ3v) is 5.08. The summed E-state index contributed by atoms with van der Waals surface area (Å²) in [4.78, 5) is 7.76. The molecule has 2 heteroatoms. The van der Waals surface area contributed by atoms with Crippen molar-refractivity contribution in [1.82, 2.24) is 4.90 Å². The summed E-state index contributed by atoms with van der Waals surface area (Å²) < 4.78 is 0. The highest BCUT2D eigenvalue weighted by atomic mass is 15.3. The lowest BCUT2D eigenvalue weighted by atomic mass is 9.90. The minimum Gasteiger partial charge on any atom is -0.349 e. The molecule has 2 nitrogen and oxygen atoms in total. The molecular weight excluding hydrogens is 304 g/mol. The van der Waals surface area contributed by atoms with Crippen molar-refractivity contribution in [3.63, 3.8) is 0 Å². The quantitative estimate of drug-likeness (QED) is 0.676. The molecule has 0 aromatic heterocycles. The minimum atomic E-state index is 0.0836. The molecule has 2 heterocycles. The molecule has 25 heavy (non-hydrogen) atoms. The van der Waals surface area contributed by atoms with Gasteiger partial charge < -0.3 is 4.90 Å². The molecule has 4 rings (SSSR count). The van der Waals surface area contributed by atoms with Gasteiger partial charge in [0.1, 0.15) is 6.17 Å². The van der Waals surface area contributed by atoms with Gasteiger partial charge in [0.05, 0.1) is 5.71 Å². The summed E-state index contributed by atoms with van der Waals surface area (Å²) >= 11 is 0. The summed E-state index contributed by atoms with van der Waals surface area (Å²) in [6.07, 6.45) is 6.61. The molecule has 2 aromatic carbocycles. The lowest BCUT2D eigenvalue weighted by Gasteiger charge is -2.42. The summed E-state index contributed by atoms with van der Waals surface area (Å²) in [5, 5.41) is 0. The predicted molar refractivity (Wildman–Crippen MR) is 105 cm³/mol. The Bertz CT molecular complexity index is 803. The van der Waals surface area contributed by atoms with E-state index in [-0.39, 0.29) is 6.17 Å². The van der Waals surface area contributed by atoms with E-state index < -0.39 is 0 Å². The normalized spacial score (nSPS) is 20.1. The van der Waals surface area contributed by atoms with Crippen molar-refractivity contribution >= 4 is 5.71 Å². The van der Waals surface area contributed by atoms with E-state index in [0.717, 1.165) is 25.1 Å². The van der Waals surface area contributed by atoms with Gasteiger partial charge in [0.2, 0.25) is 0 Å². The van der Waals surface area contributed by atoms with E-state index >= 15 is 0 Å². The molecule has 0 amide bonds. The van der Waals surface area contributed by atoms with E-state index in [9.17, 15) is 0 Å². The maximum Gasteiger partial charge on any atom is 0.147 e. The molecule has 1 fully saturated rings. The molecule has 2 aliphatic heterocycles. The number of aliphatic imine (C=N–C) groups is 1. The van der Waals surface area contributed by atoms with Gasteiger partial charge in [0.15, 0.2) is 0 Å². The van der Waals surface area contributed by atoms with Crippen LogP contribution in [0.15, 0.2) is 89.6 Å². The number of piperidine rings is 1. The van der Waals surface area contributed by atoms with Crippen LogP contribution in [0.3, 0.4) is 0 Å². The second kappa shape index (κ2) is 7.10. The van der Waals surface area contributed by atoms with Gasteiger partial charge in [-0.2, -0.15) is 0 Å². The third kappa shape index (κ3) is 3.05. The summed E-state index contributed by atoms with van der Waals surface area (Å²) in [6, 6.07) is 21.3. The van der Waals surface area contributed by atoms with E-state index in [4.69, 9.17) is 4.99 Å². The van der Waals surface area contributed by atoms with E-state index in [0.29, 0.717) is 0 Å². The average Bonchev–Trinajstić information content (AvgIpc) is 2.70. The Morgan fingerprint density at radius 3 is 2.44 bits per heavy atom. The van der Waals surface area contributed by atoms with Crippen LogP contribution in [-0.4, -0.2) is 17.2 Å². The smallest absolute Gasteiger partial charge is 0.147 e. The highest BCUT2D eigenvalue weighted by Crippen LogP contribution is 2.39. The van der Waals surface area contributed by atoms with Crippen molar-refractivity contribution in [3.8, 4) is 0 Å². The first-order valence-electron chi connectivity index (χ1n) is 9.16. The second-order valence-corrected chi connectivity index (χ2v) is 6.70. The number of hydrogen-bond acceptors (Lipinski definition) is 2. The van der Waals surface area contributed by atoms with Crippen LogP contribution >= 0.6 is 0 Å². The maximum absolute atomic E-state index is 5.24. The first-order valence-corrected chi connectivity index (χ1v) is 9.16. The van der Waals surface area contributed by atoms with Crippen LogP contribution in [0.2, 0.25) is 0 Å². The fourth-order valence-electron chi connectivity index (χ4n) is 3.94. The van der Waals surface area contributed by atoms with Gasteiger partial charge in [-0.15, -0.1) is 6.58 Å². The van der Waals surface area contributed by atoms with Crippen molar-refractivity contribution < 1.29 is 0 Å². The summed E-state index contributed by atoms with van der Waals surface area (Å²) in [5.41, 5.74) is 6.44. The fraction of sp³-hybridized carbons (Fsp3) is 0.261. The Morgan fingerprint density at radius 2 is 1.72 bits per heavy atom. The van der Waals surface area contributed by atoms with Crippen LogP contribution in [0.4, 0.5) is 0 Å². The average molecular weight is 328 g/mol. The van der Waals surface area contributed by atoms with Gasteiger partial charge in [-0.25, -0.2) is 0 Å². The minimum absolute atomic E-state index is 0.0836. The number of hydrogen-bond donors (Lipinski definition) is 0. The zero-order chi connectivity index (χ0) is 17.1. The van der Waals surface area contributed by atoms with Gasteiger partial charge in [-0.1, -0.05) is 66.7 Å². The van der Waals surface area contributed by atoms with Gasteiger partial charge in [0, 0.05) is 23.4 Å². The number of allylic oxidation sites excluding steroid dienone is 3. The molecule has 2 aliphatic rings. The molecule has 1 atom stereocenters. The molecule has 2 aromatic rings. The van der Waals surface area contributed by atoms with Crippen molar-refractivity contribution in [2.75, 3.05) is 6.54 Å². The Morgan fingerprint density at radius 1 is 1.00 bits per heavy atom. The molecule has 126 valence electrons. The van der Waals surface area contributed by atoms with Gasteiger partial charge in [-0.3, -0.25) is 4.99 Å². The molecule has 0 aliphatic carbocycles. The van der Waals surface area contributed by atoms with Crippen LogP contribution in [0.1, 0.15) is 43.0 Å². The zero-order valence-electron chi connectivity index (χ0n) is 14.6. The molecule has 1 unspecified atom stereocenters. The summed E-state index contributed by atoms with van der Waals surface area (Å²) in [5.74, 6) is 0. The Labute approximate surface area is 150 Å². The van der Waals surface area contributed by atoms with E-state index in [1.54, 1.807) is 0 Å². The van der Waals surface area contributed by atoms with Gasteiger partial charge >= 0.3 is 0 Å². The lowest BCUT2D eigenvalue weighted by Crippen LogP contribution is -2.37. The SMILES string of the molecule is C=CCC1=C2CCCCN2C(c2ccccc2)N=C1c1ccccc1. The molecule has 0 bridgehead atoms. The lowest BCUT2D eigenvalue weighted by molar-refractivity contribution is 0.216. The highest BCUT2D eigenvalue weighted by molar-refractivity contribution is 6.13. The molecule has 0 spiro atoms. The van der Waals surface area contributed by atoms with Gasteiger partial charge in [-0.05, 0) is 31.2 Å². The van der Waals surface area contributed by atoms with Crippen molar-refractivity contribution in [2.24, 2.45) is 4.99 Å². The van der Waals surface area contributed by atoms with E-state index in [2.05, 4.69) is 72.1 Å². The van der Waals surface area contributed by atoms with Gasteiger partial charge in [0.25, 0.3) is 0 Å². The fourth-order valence-corrected chi connectivity index (χ4v) is 3.94. The Kier molecular flexibility index (Phi) is 4.51. The Hall–Kier alpha value is -2.61. The number of nitrogens with zero attached hydrogens (tertiary/aromatic N) is 2. The number of fused-ring (bicyclic) bond motifs is 1. The maximum atomic E-state index is 5.24. The van der Waals surface area contributed by atoms with Crippen molar-refractivity contribution in [1.29, 1.82) is 0 Å². The first-order chi connectivity index (χ1) is 12.4. The first kappa shape index (κ1) is 15.9. The largest absolute Gasteiger partial charge is 0.349 e. The summed E-state index contributed by atoms with van der Waals surface area (Å²) in [6.45, 7) is 5.07. The molecular formula is C23H24N2. The molecule has 1 saturated heterocycles. The number of benzene rings is 2.